The van der Waals surface area contributed by atoms with Crippen molar-refractivity contribution in [3.63, 3.8) is 0 Å². The van der Waals surface area contributed by atoms with E-state index in [1.54, 1.807) is 12.1 Å². The lowest BCUT2D eigenvalue weighted by Gasteiger charge is -2.25. The minimum absolute atomic E-state index is 0.000985. The molecular weight excluding hydrogens is 298 g/mol. The fourth-order valence-electron chi connectivity index (χ4n) is 2.74. The molecule has 4 nitrogen and oxygen atoms in total. The van der Waals surface area contributed by atoms with Gasteiger partial charge < -0.3 is 5.32 Å². The summed E-state index contributed by atoms with van der Waals surface area (Å²) >= 11 is 0. The quantitative estimate of drug-likeness (QED) is 0.870. The van der Waals surface area contributed by atoms with Crippen molar-refractivity contribution in [2.24, 2.45) is 11.3 Å². The summed E-state index contributed by atoms with van der Waals surface area (Å²) in [6.45, 7) is 4.21. The van der Waals surface area contributed by atoms with E-state index in [0.29, 0.717) is 5.69 Å². The number of amides is 1. The second-order valence-corrected chi connectivity index (χ2v) is 8.45. The molecule has 6 heteroatoms. The monoisotopic (exact) mass is 315 g/mol. The lowest BCUT2D eigenvalue weighted by Crippen LogP contribution is -2.30. The standard InChI is InChI=1S/C14H18ClNO3S/c1-14(2)9-3-4-12(14)13(17)16-10-5-7-11(8-6-10)20(15,18)19/h5-8,12H,3-4,9H2,1-2H3,(H,16,17). The third-order valence-corrected chi connectivity index (χ3v) is 5.35. The highest BCUT2D eigenvalue weighted by atomic mass is 35.7. The van der Waals surface area contributed by atoms with E-state index in [0.717, 1.165) is 19.3 Å². The average Bonchev–Trinajstić information content (AvgIpc) is 2.68. The number of anilines is 1. The molecule has 0 heterocycles. The first-order chi connectivity index (χ1) is 9.20. The van der Waals surface area contributed by atoms with Crippen LogP contribution < -0.4 is 5.32 Å². The van der Waals surface area contributed by atoms with E-state index in [-0.39, 0.29) is 22.1 Å². The zero-order chi connectivity index (χ0) is 15.0. The van der Waals surface area contributed by atoms with Crippen molar-refractivity contribution in [1.29, 1.82) is 0 Å². The van der Waals surface area contributed by atoms with Gasteiger partial charge in [0.2, 0.25) is 5.91 Å². The summed E-state index contributed by atoms with van der Waals surface area (Å²) in [4.78, 5) is 12.3. The number of hydrogen-bond donors (Lipinski definition) is 1. The molecule has 1 aromatic carbocycles. The number of benzene rings is 1. The Kier molecular flexibility index (Phi) is 4.12. The number of hydrogen-bond acceptors (Lipinski definition) is 3. The van der Waals surface area contributed by atoms with Crippen LogP contribution in [-0.4, -0.2) is 14.3 Å². The van der Waals surface area contributed by atoms with Gasteiger partial charge >= 0.3 is 0 Å². The van der Waals surface area contributed by atoms with Crippen molar-refractivity contribution < 1.29 is 13.2 Å². The molecule has 1 saturated carbocycles. The van der Waals surface area contributed by atoms with Gasteiger partial charge in [-0.2, -0.15) is 0 Å². The van der Waals surface area contributed by atoms with E-state index in [2.05, 4.69) is 19.2 Å². The number of rotatable bonds is 3. The predicted octanol–water partition coefficient (Wildman–Crippen LogP) is 3.38. The molecule has 1 unspecified atom stereocenters. The summed E-state index contributed by atoms with van der Waals surface area (Å²) in [5.41, 5.74) is 0.602. The number of nitrogens with one attached hydrogen (secondary N) is 1. The molecule has 1 atom stereocenters. The third-order valence-electron chi connectivity index (χ3n) is 3.98. The summed E-state index contributed by atoms with van der Waals surface area (Å²) in [6, 6.07) is 5.87. The van der Waals surface area contributed by atoms with Crippen molar-refractivity contribution in [2.75, 3.05) is 5.32 Å². The number of carbonyl (C=O) groups is 1. The van der Waals surface area contributed by atoms with Crippen LogP contribution in [0.25, 0.3) is 0 Å². The van der Waals surface area contributed by atoms with Crippen LogP contribution in [0.3, 0.4) is 0 Å². The molecule has 0 aromatic heterocycles. The SMILES string of the molecule is CC1(C)CCCC1C(=O)Nc1ccc(S(=O)(=O)Cl)cc1. The van der Waals surface area contributed by atoms with E-state index < -0.39 is 9.05 Å². The van der Waals surface area contributed by atoms with E-state index >= 15 is 0 Å². The van der Waals surface area contributed by atoms with E-state index in [9.17, 15) is 13.2 Å². The Balaban J connectivity index is 2.09. The van der Waals surface area contributed by atoms with E-state index in [1.807, 2.05) is 0 Å². The van der Waals surface area contributed by atoms with Gasteiger partial charge in [0.1, 0.15) is 0 Å². The lowest BCUT2D eigenvalue weighted by atomic mass is 9.81. The maximum atomic E-state index is 12.3. The minimum atomic E-state index is -3.72. The van der Waals surface area contributed by atoms with Gasteiger partial charge in [0.25, 0.3) is 9.05 Å². The molecule has 1 aliphatic carbocycles. The maximum absolute atomic E-state index is 12.3. The first-order valence-corrected chi connectivity index (χ1v) is 8.87. The molecule has 1 aromatic rings. The van der Waals surface area contributed by atoms with Crippen molar-refractivity contribution >= 4 is 31.3 Å². The second-order valence-electron chi connectivity index (χ2n) is 5.88. The van der Waals surface area contributed by atoms with Crippen LogP contribution in [0.1, 0.15) is 33.1 Å². The fourth-order valence-corrected chi connectivity index (χ4v) is 3.51. The Hall–Kier alpha value is -1.07. The van der Waals surface area contributed by atoms with Crippen LogP contribution in [0.15, 0.2) is 29.2 Å². The van der Waals surface area contributed by atoms with Gasteiger partial charge in [-0.15, -0.1) is 0 Å². The Labute approximate surface area is 123 Å². The predicted molar refractivity (Wildman–Crippen MR) is 79.2 cm³/mol. The molecule has 0 bridgehead atoms. The second kappa shape index (κ2) is 5.37. The Morgan fingerprint density at radius 3 is 2.35 bits per heavy atom. The van der Waals surface area contributed by atoms with Crippen molar-refractivity contribution in [3.8, 4) is 0 Å². The Bertz CT molecular complexity index is 608. The zero-order valence-corrected chi connectivity index (χ0v) is 13.1. The zero-order valence-electron chi connectivity index (χ0n) is 11.5. The molecular formula is C14H18ClNO3S. The Morgan fingerprint density at radius 2 is 1.90 bits per heavy atom. The van der Waals surface area contributed by atoms with Crippen LogP contribution >= 0.6 is 10.7 Å². The van der Waals surface area contributed by atoms with Crippen molar-refractivity contribution in [3.05, 3.63) is 24.3 Å². The molecule has 0 radical (unpaired) electrons. The van der Waals surface area contributed by atoms with Gasteiger partial charge in [0.05, 0.1) is 4.90 Å². The largest absolute Gasteiger partial charge is 0.326 e. The fraction of sp³-hybridized carbons (Fsp3) is 0.500. The summed E-state index contributed by atoms with van der Waals surface area (Å²) < 4.78 is 22.3. The topological polar surface area (TPSA) is 63.2 Å². The molecule has 110 valence electrons. The average molecular weight is 316 g/mol. The van der Waals surface area contributed by atoms with Gasteiger partial charge in [-0.1, -0.05) is 20.3 Å². The van der Waals surface area contributed by atoms with Gasteiger partial charge in [0, 0.05) is 22.3 Å². The van der Waals surface area contributed by atoms with Crippen LogP contribution in [-0.2, 0) is 13.8 Å². The molecule has 20 heavy (non-hydrogen) atoms. The maximum Gasteiger partial charge on any atom is 0.261 e. The van der Waals surface area contributed by atoms with E-state index in [1.165, 1.54) is 12.1 Å². The number of carbonyl (C=O) groups excluding carboxylic acids is 1. The van der Waals surface area contributed by atoms with Crippen LogP contribution in [0.2, 0.25) is 0 Å². The van der Waals surface area contributed by atoms with Crippen molar-refractivity contribution in [2.45, 2.75) is 38.0 Å². The van der Waals surface area contributed by atoms with Crippen LogP contribution in [0.4, 0.5) is 5.69 Å². The van der Waals surface area contributed by atoms with Crippen molar-refractivity contribution in [1.82, 2.24) is 0 Å². The first-order valence-electron chi connectivity index (χ1n) is 6.56. The molecule has 0 aliphatic heterocycles. The summed E-state index contributed by atoms with van der Waals surface area (Å²) in [5.74, 6) is -0.00656. The highest BCUT2D eigenvalue weighted by molar-refractivity contribution is 8.13. The smallest absolute Gasteiger partial charge is 0.261 e. The van der Waals surface area contributed by atoms with Gasteiger partial charge in [-0.25, -0.2) is 8.42 Å². The summed E-state index contributed by atoms with van der Waals surface area (Å²) in [5, 5.41) is 2.84. The van der Waals surface area contributed by atoms with E-state index in [4.69, 9.17) is 10.7 Å². The first kappa shape index (κ1) is 15.3. The van der Waals surface area contributed by atoms with Gasteiger partial charge in [0.15, 0.2) is 0 Å². The molecule has 1 amide bonds. The lowest BCUT2D eigenvalue weighted by molar-refractivity contribution is -0.122. The third kappa shape index (κ3) is 3.33. The Morgan fingerprint density at radius 1 is 1.30 bits per heavy atom. The molecule has 0 saturated heterocycles. The normalized spacial score (nSPS) is 21.6. The minimum Gasteiger partial charge on any atom is -0.326 e. The highest BCUT2D eigenvalue weighted by Crippen LogP contribution is 2.43. The number of halogens is 1. The molecule has 0 spiro atoms. The molecule has 2 rings (SSSR count). The molecule has 1 aliphatic rings. The summed E-state index contributed by atoms with van der Waals surface area (Å²) in [6.07, 6.45) is 3.01. The van der Waals surface area contributed by atoms with Crippen LogP contribution in [0.5, 0.6) is 0 Å². The van der Waals surface area contributed by atoms with Crippen LogP contribution in [0, 0.1) is 11.3 Å². The van der Waals surface area contributed by atoms with Gasteiger partial charge in [-0.3, -0.25) is 4.79 Å². The highest BCUT2D eigenvalue weighted by Gasteiger charge is 2.39. The molecule has 1 N–H and O–H groups in total. The molecule has 1 fully saturated rings. The van der Waals surface area contributed by atoms with Gasteiger partial charge in [-0.05, 0) is 42.5 Å². The summed E-state index contributed by atoms with van der Waals surface area (Å²) in [7, 11) is 1.52.